The molecule has 1 saturated heterocycles. The Kier molecular flexibility index (Phi) is 4.76. The van der Waals surface area contributed by atoms with E-state index in [0.717, 1.165) is 36.5 Å². The number of thioether (sulfide) groups is 1. The Bertz CT molecular complexity index is 654. The Hall–Kier alpha value is -1.75. The number of amidine groups is 1. The lowest BCUT2D eigenvalue weighted by atomic mass is 9.95. The Morgan fingerprint density at radius 1 is 1.30 bits per heavy atom. The number of benzene rings is 1. The molecular weight excluding hydrogens is 308 g/mol. The van der Waals surface area contributed by atoms with Gasteiger partial charge in [0.2, 0.25) is 0 Å². The van der Waals surface area contributed by atoms with Gasteiger partial charge in [0.05, 0.1) is 17.3 Å². The molecule has 4 nitrogen and oxygen atoms in total. The highest BCUT2D eigenvalue weighted by Gasteiger charge is 2.38. The highest BCUT2D eigenvalue weighted by Crippen LogP contribution is 2.38. The summed E-state index contributed by atoms with van der Waals surface area (Å²) in [5.74, 6) is -0.860. The second-order valence-corrected chi connectivity index (χ2v) is 7.15. The lowest BCUT2D eigenvalue weighted by Gasteiger charge is -2.42. The molecule has 0 aliphatic carbocycles. The van der Waals surface area contributed by atoms with Crippen molar-refractivity contribution in [3.05, 3.63) is 41.5 Å². The Labute approximate surface area is 141 Å². The maximum atomic E-state index is 11.9. The molecule has 0 aromatic heterocycles. The van der Waals surface area contributed by atoms with Crippen molar-refractivity contribution >= 4 is 28.6 Å². The molecule has 3 rings (SSSR count). The van der Waals surface area contributed by atoms with E-state index in [1.165, 1.54) is 0 Å². The van der Waals surface area contributed by atoms with Crippen molar-refractivity contribution < 1.29 is 9.90 Å². The van der Waals surface area contributed by atoms with E-state index in [0.29, 0.717) is 16.5 Å². The van der Waals surface area contributed by atoms with E-state index in [4.69, 9.17) is 4.99 Å². The minimum atomic E-state index is -0.860. The number of carboxylic acid groups (broad SMARTS) is 1. The van der Waals surface area contributed by atoms with E-state index in [2.05, 4.69) is 18.7 Å². The first kappa shape index (κ1) is 16.1. The standard InChI is InChI=1S/C18H22N2O2S/c1-3-13-10-11-20-14(4-2)15(17(21)22)16(19-18(20)23-13)12-8-6-5-7-9-12/h5-9,13-14H,3-4,10-11H2,1-2H3,(H,21,22). The van der Waals surface area contributed by atoms with Gasteiger partial charge in [0, 0.05) is 17.4 Å². The van der Waals surface area contributed by atoms with Crippen LogP contribution < -0.4 is 0 Å². The van der Waals surface area contributed by atoms with Crippen LogP contribution in [0.5, 0.6) is 0 Å². The quantitative estimate of drug-likeness (QED) is 0.911. The summed E-state index contributed by atoms with van der Waals surface area (Å²) in [6.07, 6.45) is 2.98. The van der Waals surface area contributed by atoms with E-state index < -0.39 is 5.97 Å². The van der Waals surface area contributed by atoms with Crippen molar-refractivity contribution in [3.63, 3.8) is 0 Å². The van der Waals surface area contributed by atoms with Crippen molar-refractivity contribution in [2.75, 3.05) is 6.54 Å². The fourth-order valence-electron chi connectivity index (χ4n) is 3.28. The molecule has 1 fully saturated rings. The monoisotopic (exact) mass is 330 g/mol. The predicted molar refractivity (Wildman–Crippen MR) is 95.5 cm³/mol. The summed E-state index contributed by atoms with van der Waals surface area (Å²) in [6.45, 7) is 5.14. The van der Waals surface area contributed by atoms with Crippen LogP contribution in [0.15, 0.2) is 40.9 Å². The van der Waals surface area contributed by atoms with Crippen LogP contribution >= 0.6 is 11.8 Å². The number of hydrogen-bond acceptors (Lipinski definition) is 4. The number of rotatable bonds is 4. The average molecular weight is 330 g/mol. The zero-order chi connectivity index (χ0) is 16.4. The van der Waals surface area contributed by atoms with Crippen LogP contribution in [0.25, 0.3) is 5.70 Å². The molecule has 0 spiro atoms. The molecule has 122 valence electrons. The summed E-state index contributed by atoms with van der Waals surface area (Å²) in [4.78, 5) is 18.9. The van der Waals surface area contributed by atoms with Crippen molar-refractivity contribution in [2.45, 2.75) is 44.4 Å². The largest absolute Gasteiger partial charge is 0.478 e. The molecule has 0 amide bonds. The second-order valence-electron chi connectivity index (χ2n) is 5.88. The fourth-order valence-corrected chi connectivity index (χ4v) is 4.46. The highest BCUT2D eigenvalue weighted by molar-refractivity contribution is 8.14. The van der Waals surface area contributed by atoms with Crippen molar-refractivity contribution in [3.8, 4) is 0 Å². The minimum absolute atomic E-state index is 0.0967. The molecule has 2 unspecified atom stereocenters. The van der Waals surface area contributed by atoms with Gasteiger partial charge in [-0.3, -0.25) is 0 Å². The normalized spacial score (nSPS) is 24.3. The van der Waals surface area contributed by atoms with Crippen LogP contribution in [0.1, 0.15) is 38.7 Å². The SMILES string of the molecule is CCC1CCN2C(=NC(c3ccccc3)=C(C(=O)O)C2CC)S1. The molecule has 1 aromatic rings. The second kappa shape index (κ2) is 6.79. The number of hydrogen-bond donors (Lipinski definition) is 1. The first-order valence-electron chi connectivity index (χ1n) is 8.20. The van der Waals surface area contributed by atoms with Gasteiger partial charge < -0.3 is 10.0 Å². The molecule has 2 atom stereocenters. The zero-order valence-electron chi connectivity index (χ0n) is 13.5. The number of aliphatic carboxylic acids is 1. The summed E-state index contributed by atoms with van der Waals surface area (Å²) in [5, 5.41) is 11.4. The van der Waals surface area contributed by atoms with Gasteiger partial charge in [-0.2, -0.15) is 0 Å². The molecular formula is C18H22N2O2S. The van der Waals surface area contributed by atoms with Crippen LogP contribution in [0.2, 0.25) is 0 Å². The van der Waals surface area contributed by atoms with Gasteiger partial charge in [0.1, 0.15) is 0 Å². The summed E-state index contributed by atoms with van der Waals surface area (Å²) in [7, 11) is 0. The van der Waals surface area contributed by atoms with Gasteiger partial charge in [0.15, 0.2) is 5.17 Å². The Morgan fingerprint density at radius 2 is 2.04 bits per heavy atom. The van der Waals surface area contributed by atoms with Crippen molar-refractivity contribution in [2.24, 2.45) is 4.99 Å². The maximum absolute atomic E-state index is 11.9. The van der Waals surface area contributed by atoms with E-state index in [1.807, 2.05) is 30.3 Å². The first-order valence-corrected chi connectivity index (χ1v) is 9.08. The topological polar surface area (TPSA) is 52.9 Å². The van der Waals surface area contributed by atoms with Crippen LogP contribution in [-0.4, -0.2) is 39.0 Å². The summed E-state index contributed by atoms with van der Waals surface area (Å²) >= 11 is 1.80. The molecule has 1 N–H and O–H groups in total. The fraction of sp³-hybridized carbons (Fsp3) is 0.444. The third kappa shape index (κ3) is 3.02. The van der Waals surface area contributed by atoms with Gasteiger partial charge in [-0.05, 0) is 19.3 Å². The molecule has 2 aliphatic heterocycles. The van der Waals surface area contributed by atoms with Crippen LogP contribution in [-0.2, 0) is 4.79 Å². The molecule has 0 radical (unpaired) electrons. The van der Waals surface area contributed by atoms with Gasteiger partial charge in [-0.15, -0.1) is 0 Å². The average Bonchev–Trinajstić information content (AvgIpc) is 2.59. The molecule has 5 heteroatoms. The molecule has 23 heavy (non-hydrogen) atoms. The van der Waals surface area contributed by atoms with Crippen LogP contribution in [0.3, 0.4) is 0 Å². The van der Waals surface area contributed by atoms with Gasteiger partial charge in [-0.1, -0.05) is 55.9 Å². The number of fused-ring (bicyclic) bond motifs is 1. The molecule has 2 aliphatic rings. The van der Waals surface area contributed by atoms with Crippen LogP contribution in [0.4, 0.5) is 0 Å². The summed E-state index contributed by atoms with van der Waals surface area (Å²) in [6, 6.07) is 9.58. The van der Waals surface area contributed by atoms with Gasteiger partial charge in [-0.25, -0.2) is 9.79 Å². The van der Waals surface area contributed by atoms with Crippen molar-refractivity contribution in [1.29, 1.82) is 0 Å². The zero-order valence-corrected chi connectivity index (χ0v) is 14.3. The third-order valence-electron chi connectivity index (χ3n) is 4.50. The van der Waals surface area contributed by atoms with Gasteiger partial charge >= 0.3 is 5.97 Å². The number of aliphatic imine (C=N–C) groups is 1. The first-order chi connectivity index (χ1) is 11.2. The summed E-state index contributed by atoms with van der Waals surface area (Å²) < 4.78 is 0. The Morgan fingerprint density at radius 3 is 2.65 bits per heavy atom. The lowest BCUT2D eigenvalue weighted by Crippen LogP contribution is -2.48. The molecule has 0 saturated carbocycles. The predicted octanol–water partition coefficient (Wildman–Crippen LogP) is 3.85. The number of nitrogens with zero attached hydrogens (tertiary/aromatic N) is 2. The van der Waals surface area contributed by atoms with Crippen LogP contribution in [0, 0.1) is 0 Å². The van der Waals surface area contributed by atoms with Crippen molar-refractivity contribution in [1.82, 2.24) is 4.90 Å². The van der Waals surface area contributed by atoms with E-state index in [1.54, 1.807) is 11.8 Å². The maximum Gasteiger partial charge on any atom is 0.335 e. The molecule has 0 bridgehead atoms. The highest BCUT2D eigenvalue weighted by atomic mass is 32.2. The molecule has 1 aromatic carbocycles. The smallest absolute Gasteiger partial charge is 0.335 e. The van der Waals surface area contributed by atoms with E-state index >= 15 is 0 Å². The number of carbonyl (C=O) groups is 1. The third-order valence-corrected chi connectivity index (χ3v) is 5.94. The lowest BCUT2D eigenvalue weighted by molar-refractivity contribution is -0.133. The summed E-state index contributed by atoms with van der Waals surface area (Å²) in [5.41, 5.74) is 1.94. The van der Waals surface area contributed by atoms with Gasteiger partial charge in [0.25, 0.3) is 0 Å². The van der Waals surface area contributed by atoms with E-state index in [-0.39, 0.29) is 6.04 Å². The van der Waals surface area contributed by atoms with E-state index in [9.17, 15) is 9.90 Å². The molecule has 2 heterocycles. The Balaban J connectivity index is 2.11. The number of carboxylic acids is 1. The minimum Gasteiger partial charge on any atom is -0.478 e.